The highest BCUT2D eigenvalue weighted by molar-refractivity contribution is 5.50. The third-order valence-corrected chi connectivity index (χ3v) is 4.92. The predicted molar refractivity (Wildman–Crippen MR) is 114 cm³/mol. The monoisotopic (exact) mass is 376 g/mol. The van der Waals surface area contributed by atoms with E-state index in [0.717, 1.165) is 35.7 Å². The van der Waals surface area contributed by atoms with Crippen molar-refractivity contribution >= 4 is 5.69 Å². The van der Waals surface area contributed by atoms with Crippen molar-refractivity contribution in [2.45, 2.75) is 32.2 Å². The zero-order valence-electron chi connectivity index (χ0n) is 16.8. The van der Waals surface area contributed by atoms with Gasteiger partial charge in [0.05, 0.1) is 19.3 Å². The van der Waals surface area contributed by atoms with E-state index in [1.165, 1.54) is 5.56 Å². The molecule has 1 heterocycles. The van der Waals surface area contributed by atoms with Crippen molar-refractivity contribution in [2.24, 2.45) is 0 Å². The van der Waals surface area contributed by atoms with Gasteiger partial charge in [-0.1, -0.05) is 18.2 Å². The fraction of sp³-hybridized carbons (Fsp3) is 0.292. The highest BCUT2D eigenvalue weighted by Gasteiger charge is 2.26. The normalized spacial score (nSPS) is 12.8. The van der Waals surface area contributed by atoms with Crippen LogP contribution in [-0.2, 0) is 12.0 Å². The SMILES string of the molecule is CCOc1ccc(N[C@](C)(CCc2ccccn2)c2ccc(OC)cc2)cc1. The first-order chi connectivity index (χ1) is 13.6. The molecule has 4 heteroatoms. The van der Waals surface area contributed by atoms with Crippen molar-refractivity contribution < 1.29 is 9.47 Å². The van der Waals surface area contributed by atoms with Crippen LogP contribution in [0.3, 0.4) is 0 Å². The number of anilines is 1. The van der Waals surface area contributed by atoms with Gasteiger partial charge < -0.3 is 14.8 Å². The molecule has 1 atom stereocenters. The molecular formula is C24H28N2O2. The summed E-state index contributed by atoms with van der Waals surface area (Å²) in [7, 11) is 1.69. The number of aryl methyl sites for hydroxylation is 1. The lowest BCUT2D eigenvalue weighted by atomic mass is 9.86. The molecule has 0 bridgehead atoms. The summed E-state index contributed by atoms with van der Waals surface area (Å²) in [5, 5.41) is 3.72. The molecule has 28 heavy (non-hydrogen) atoms. The molecular weight excluding hydrogens is 348 g/mol. The Hall–Kier alpha value is -3.01. The van der Waals surface area contributed by atoms with Crippen LogP contribution in [0.1, 0.15) is 31.5 Å². The van der Waals surface area contributed by atoms with E-state index in [1.807, 2.05) is 49.5 Å². The number of rotatable bonds is 9. The van der Waals surface area contributed by atoms with E-state index in [9.17, 15) is 0 Å². The van der Waals surface area contributed by atoms with Crippen LogP contribution in [0, 0.1) is 0 Å². The molecule has 0 unspecified atom stereocenters. The van der Waals surface area contributed by atoms with E-state index in [1.54, 1.807) is 7.11 Å². The summed E-state index contributed by atoms with van der Waals surface area (Å²) in [6.07, 6.45) is 3.64. The van der Waals surface area contributed by atoms with Crippen LogP contribution in [0.2, 0.25) is 0 Å². The van der Waals surface area contributed by atoms with Crippen molar-refractivity contribution in [2.75, 3.05) is 19.0 Å². The maximum atomic E-state index is 5.56. The molecule has 0 fully saturated rings. The summed E-state index contributed by atoms with van der Waals surface area (Å²) in [6, 6.07) is 22.4. The second kappa shape index (κ2) is 9.27. The van der Waals surface area contributed by atoms with E-state index in [0.29, 0.717) is 6.61 Å². The van der Waals surface area contributed by atoms with Gasteiger partial charge in [-0.2, -0.15) is 0 Å². The molecule has 0 saturated heterocycles. The number of hydrogen-bond donors (Lipinski definition) is 1. The second-order valence-electron chi connectivity index (χ2n) is 6.96. The van der Waals surface area contributed by atoms with Crippen molar-refractivity contribution in [3.05, 3.63) is 84.2 Å². The third-order valence-electron chi connectivity index (χ3n) is 4.92. The maximum absolute atomic E-state index is 5.56. The molecule has 0 aliphatic carbocycles. The van der Waals surface area contributed by atoms with E-state index in [-0.39, 0.29) is 5.54 Å². The number of ether oxygens (including phenoxy) is 2. The molecule has 0 spiro atoms. The number of pyridine rings is 1. The van der Waals surface area contributed by atoms with Crippen LogP contribution in [0.25, 0.3) is 0 Å². The summed E-state index contributed by atoms with van der Waals surface area (Å²) < 4.78 is 10.9. The highest BCUT2D eigenvalue weighted by Crippen LogP contribution is 2.32. The van der Waals surface area contributed by atoms with Gasteiger partial charge in [-0.25, -0.2) is 0 Å². The molecule has 2 aromatic carbocycles. The van der Waals surface area contributed by atoms with Crippen LogP contribution >= 0.6 is 0 Å². The van der Waals surface area contributed by atoms with E-state index >= 15 is 0 Å². The van der Waals surface area contributed by atoms with Gasteiger partial charge >= 0.3 is 0 Å². The minimum absolute atomic E-state index is 0.253. The van der Waals surface area contributed by atoms with Gasteiger partial charge in [0.1, 0.15) is 11.5 Å². The Balaban J connectivity index is 1.83. The van der Waals surface area contributed by atoms with Crippen LogP contribution in [-0.4, -0.2) is 18.7 Å². The highest BCUT2D eigenvalue weighted by atomic mass is 16.5. The second-order valence-corrected chi connectivity index (χ2v) is 6.96. The molecule has 3 aromatic rings. The van der Waals surface area contributed by atoms with Crippen LogP contribution in [0.5, 0.6) is 11.5 Å². The van der Waals surface area contributed by atoms with Crippen LogP contribution < -0.4 is 14.8 Å². The van der Waals surface area contributed by atoms with E-state index < -0.39 is 0 Å². The van der Waals surface area contributed by atoms with Gasteiger partial charge in [-0.05, 0) is 80.8 Å². The van der Waals surface area contributed by atoms with Gasteiger partial charge in [0.2, 0.25) is 0 Å². The van der Waals surface area contributed by atoms with Crippen LogP contribution in [0.15, 0.2) is 72.9 Å². The van der Waals surface area contributed by atoms with Gasteiger partial charge in [-0.3, -0.25) is 4.98 Å². The average molecular weight is 377 g/mol. The minimum Gasteiger partial charge on any atom is -0.497 e. The topological polar surface area (TPSA) is 43.4 Å². The molecule has 146 valence electrons. The van der Waals surface area contributed by atoms with Gasteiger partial charge in [0, 0.05) is 17.6 Å². The number of nitrogens with one attached hydrogen (secondary N) is 1. The van der Waals surface area contributed by atoms with Crippen molar-refractivity contribution in [3.63, 3.8) is 0 Å². The third kappa shape index (κ3) is 5.03. The zero-order valence-corrected chi connectivity index (χ0v) is 16.8. The summed E-state index contributed by atoms with van der Waals surface area (Å²) in [6.45, 7) is 4.89. The largest absolute Gasteiger partial charge is 0.497 e. The Morgan fingerprint density at radius 3 is 2.25 bits per heavy atom. The fourth-order valence-corrected chi connectivity index (χ4v) is 3.28. The van der Waals surface area contributed by atoms with Crippen molar-refractivity contribution in [3.8, 4) is 11.5 Å². The summed E-state index contributed by atoms with van der Waals surface area (Å²) >= 11 is 0. The number of hydrogen-bond acceptors (Lipinski definition) is 4. The molecule has 0 aliphatic heterocycles. The molecule has 0 saturated carbocycles. The number of benzene rings is 2. The fourth-order valence-electron chi connectivity index (χ4n) is 3.28. The zero-order chi connectivity index (χ0) is 19.8. The lowest BCUT2D eigenvalue weighted by Gasteiger charge is -2.33. The molecule has 1 N–H and O–H groups in total. The standard InChI is InChI=1S/C24H28N2O2/c1-4-28-23-14-10-21(11-15-23)26-24(2,17-16-20-7-5-6-18-25-20)19-8-12-22(27-3)13-9-19/h5-15,18,26H,4,16-17H2,1-3H3/t24-/m1/s1. The minimum atomic E-state index is -0.253. The number of aromatic nitrogens is 1. The maximum Gasteiger partial charge on any atom is 0.119 e. The first-order valence-corrected chi connectivity index (χ1v) is 9.68. The summed E-state index contributed by atoms with van der Waals surface area (Å²) in [5.74, 6) is 1.74. The first kappa shape index (κ1) is 19.7. The molecule has 1 aromatic heterocycles. The Labute approximate surface area is 167 Å². The van der Waals surface area contributed by atoms with Crippen LogP contribution in [0.4, 0.5) is 5.69 Å². The average Bonchev–Trinajstić information content (AvgIpc) is 2.75. The number of methoxy groups -OCH3 is 1. The van der Waals surface area contributed by atoms with Crippen molar-refractivity contribution in [1.29, 1.82) is 0 Å². The van der Waals surface area contributed by atoms with Crippen molar-refractivity contribution in [1.82, 2.24) is 4.98 Å². The molecule has 3 rings (SSSR count). The van der Waals surface area contributed by atoms with Gasteiger partial charge in [0.15, 0.2) is 0 Å². The summed E-state index contributed by atoms with van der Waals surface area (Å²) in [4.78, 5) is 4.48. The molecule has 0 radical (unpaired) electrons. The Morgan fingerprint density at radius 2 is 1.64 bits per heavy atom. The Morgan fingerprint density at radius 1 is 0.929 bits per heavy atom. The molecule has 0 amide bonds. The lowest BCUT2D eigenvalue weighted by molar-refractivity contribution is 0.340. The Kier molecular flexibility index (Phi) is 6.53. The predicted octanol–water partition coefficient (Wildman–Crippen LogP) is 5.45. The lowest BCUT2D eigenvalue weighted by Crippen LogP contribution is -2.32. The van der Waals surface area contributed by atoms with Gasteiger partial charge in [0.25, 0.3) is 0 Å². The Bertz CT molecular complexity index is 848. The number of nitrogens with zero attached hydrogens (tertiary/aromatic N) is 1. The smallest absolute Gasteiger partial charge is 0.119 e. The van der Waals surface area contributed by atoms with E-state index in [4.69, 9.17) is 9.47 Å². The van der Waals surface area contributed by atoms with E-state index in [2.05, 4.69) is 47.6 Å². The quantitative estimate of drug-likeness (QED) is 0.539. The first-order valence-electron chi connectivity index (χ1n) is 9.68. The molecule has 0 aliphatic rings. The summed E-state index contributed by atoms with van der Waals surface area (Å²) in [5.41, 5.74) is 3.10. The molecule has 4 nitrogen and oxygen atoms in total. The van der Waals surface area contributed by atoms with Gasteiger partial charge in [-0.15, -0.1) is 0 Å².